The van der Waals surface area contributed by atoms with Crippen LogP contribution in [0.15, 0.2) is 18.2 Å². The van der Waals surface area contributed by atoms with Crippen molar-refractivity contribution in [1.82, 2.24) is 10.2 Å². The normalized spacial score (nSPS) is 19.4. The van der Waals surface area contributed by atoms with Gasteiger partial charge in [0.25, 0.3) is 0 Å². The topological polar surface area (TPSA) is 15.3 Å². The average molecular weight is 236 g/mol. The van der Waals surface area contributed by atoms with E-state index in [1.807, 2.05) is 6.07 Å². The first kappa shape index (κ1) is 12.5. The second-order valence-electron chi connectivity index (χ2n) is 4.62. The molecule has 0 aliphatic carbocycles. The summed E-state index contributed by atoms with van der Waals surface area (Å²) in [6.07, 6.45) is 0. The van der Waals surface area contributed by atoms with Gasteiger partial charge in [0, 0.05) is 31.1 Å². The lowest BCUT2D eigenvalue weighted by atomic mass is 9.90. The molecule has 2 rings (SSSR count). The summed E-state index contributed by atoms with van der Waals surface area (Å²) in [6.45, 7) is 9.08. The van der Waals surface area contributed by atoms with Gasteiger partial charge in [0.15, 0.2) is 0 Å². The number of hydrogen-bond donors (Lipinski definition) is 1. The van der Waals surface area contributed by atoms with E-state index < -0.39 is 0 Å². The van der Waals surface area contributed by atoms with Gasteiger partial charge in [-0.15, -0.1) is 0 Å². The Morgan fingerprint density at radius 2 is 2.12 bits per heavy atom. The Labute approximate surface area is 103 Å². The summed E-state index contributed by atoms with van der Waals surface area (Å²) in [5, 5.41) is 3.32. The highest BCUT2D eigenvalue weighted by molar-refractivity contribution is 5.34. The lowest BCUT2D eigenvalue weighted by molar-refractivity contribution is 0.274. The fraction of sp³-hybridized carbons (Fsp3) is 0.571. The molecule has 0 amide bonds. The van der Waals surface area contributed by atoms with Crippen molar-refractivity contribution in [2.45, 2.75) is 26.3 Å². The van der Waals surface area contributed by atoms with E-state index in [4.69, 9.17) is 0 Å². The summed E-state index contributed by atoms with van der Waals surface area (Å²) < 4.78 is 13.7. The van der Waals surface area contributed by atoms with E-state index in [0.717, 1.165) is 31.7 Å². The van der Waals surface area contributed by atoms with Gasteiger partial charge < -0.3 is 10.2 Å². The first-order chi connectivity index (χ1) is 8.26. The van der Waals surface area contributed by atoms with Crippen molar-refractivity contribution in [2.24, 2.45) is 0 Å². The molecule has 1 aromatic rings. The Bertz CT molecular complexity index is 374. The predicted octanol–water partition coefficient (Wildman–Crippen LogP) is 2.35. The lowest BCUT2D eigenvalue weighted by Gasteiger charge is -2.31. The van der Waals surface area contributed by atoms with Crippen LogP contribution in [0.25, 0.3) is 0 Å². The van der Waals surface area contributed by atoms with Gasteiger partial charge in [0.05, 0.1) is 0 Å². The second-order valence-corrected chi connectivity index (χ2v) is 4.62. The highest BCUT2D eigenvalue weighted by Crippen LogP contribution is 2.26. The Morgan fingerprint density at radius 3 is 2.82 bits per heavy atom. The smallest absolute Gasteiger partial charge is 0.127 e. The molecule has 1 aliphatic heterocycles. The van der Waals surface area contributed by atoms with Gasteiger partial charge in [-0.2, -0.15) is 0 Å². The van der Waals surface area contributed by atoms with Crippen molar-refractivity contribution in [3.63, 3.8) is 0 Å². The number of fused-ring (bicyclic) bond motifs is 1. The SMILES string of the molecule is CCN(CC)CC1CNCc2c(F)cccc21. The Kier molecular flexibility index (Phi) is 4.13. The number of benzene rings is 1. The highest BCUT2D eigenvalue weighted by Gasteiger charge is 2.23. The monoisotopic (exact) mass is 236 g/mol. The van der Waals surface area contributed by atoms with E-state index >= 15 is 0 Å². The molecule has 0 aromatic heterocycles. The summed E-state index contributed by atoms with van der Waals surface area (Å²) in [5.74, 6) is 0.341. The molecular weight excluding hydrogens is 215 g/mol. The predicted molar refractivity (Wildman–Crippen MR) is 68.6 cm³/mol. The van der Waals surface area contributed by atoms with Crippen molar-refractivity contribution in [3.8, 4) is 0 Å². The van der Waals surface area contributed by atoms with Gasteiger partial charge in [-0.05, 0) is 24.7 Å². The van der Waals surface area contributed by atoms with Crippen LogP contribution in [0.4, 0.5) is 4.39 Å². The molecule has 1 aliphatic rings. The molecule has 0 spiro atoms. The Hall–Kier alpha value is -0.930. The Balaban J connectivity index is 2.20. The first-order valence-electron chi connectivity index (χ1n) is 6.46. The number of halogens is 1. The molecule has 1 aromatic carbocycles. The summed E-state index contributed by atoms with van der Waals surface area (Å²) >= 11 is 0. The number of hydrogen-bond acceptors (Lipinski definition) is 2. The van der Waals surface area contributed by atoms with Crippen molar-refractivity contribution in [1.29, 1.82) is 0 Å². The van der Waals surface area contributed by atoms with E-state index in [9.17, 15) is 4.39 Å². The Morgan fingerprint density at radius 1 is 1.35 bits per heavy atom. The van der Waals surface area contributed by atoms with Crippen LogP contribution in [-0.4, -0.2) is 31.1 Å². The number of nitrogens with zero attached hydrogens (tertiary/aromatic N) is 1. The van der Waals surface area contributed by atoms with E-state index in [0.29, 0.717) is 12.5 Å². The van der Waals surface area contributed by atoms with E-state index in [1.165, 1.54) is 5.56 Å². The molecule has 0 saturated heterocycles. The maximum absolute atomic E-state index is 13.7. The van der Waals surface area contributed by atoms with Gasteiger partial charge in [0.1, 0.15) is 5.82 Å². The van der Waals surface area contributed by atoms with Gasteiger partial charge in [-0.25, -0.2) is 4.39 Å². The highest BCUT2D eigenvalue weighted by atomic mass is 19.1. The molecule has 1 heterocycles. The summed E-state index contributed by atoms with van der Waals surface area (Å²) in [5.41, 5.74) is 2.05. The molecule has 94 valence electrons. The van der Waals surface area contributed by atoms with Gasteiger partial charge in [-0.1, -0.05) is 26.0 Å². The molecule has 0 bridgehead atoms. The minimum Gasteiger partial charge on any atom is -0.312 e. The van der Waals surface area contributed by atoms with Crippen LogP contribution in [0.1, 0.15) is 30.9 Å². The van der Waals surface area contributed by atoms with E-state index in [-0.39, 0.29) is 5.82 Å². The van der Waals surface area contributed by atoms with Gasteiger partial charge >= 0.3 is 0 Å². The van der Waals surface area contributed by atoms with Crippen molar-refractivity contribution in [3.05, 3.63) is 35.1 Å². The van der Waals surface area contributed by atoms with Crippen LogP contribution in [0, 0.1) is 5.82 Å². The zero-order valence-corrected chi connectivity index (χ0v) is 10.7. The molecular formula is C14H21FN2. The summed E-state index contributed by atoms with van der Waals surface area (Å²) in [7, 11) is 0. The molecule has 0 radical (unpaired) electrons. The average Bonchev–Trinajstić information content (AvgIpc) is 2.37. The van der Waals surface area contributed by atoms with Crippen LogP contribution in [0.5, 0.6) is 0 Å². The maximum Gasteiger partial charge on any atom is 0.127 e. The molecule has 2 nitrogen and oxygen atoms in total. The quantitative estimate of drug-likeness (QED) is 0.863. The molecule has 1 unspecified atom stereocenters. The third-order valence-corrected chi connectivity index (χ3v) is 3.66. The molecule has 1 atom stereocenters. The maximum atomic E-state index is 13.7. The fourth-order valence-electron chi connectivity index (χ4n) is 2.58. The minimum absolute atomic E-state index is 0.0701. The van der Waals surface area contributed by atoms with E-state index in [1.54, 1.807) is 6.07 Å². The standard InChI is InChI=1S/C14H21FN2/c1-3-17(4-2)10-11-8-16-9-13-12(11)6-5-7-14(13)15/h5-7,11,16H,3-4,8-10H2,1-2H3. The van der Waals surface area contributed by atoms with Crippen LogP contribution < -0.4 is 5.32 Å². The van der Waals surface area contributed by atoms with Gasteiger partial charge in [0.2, 0.25) is 0 Å². The largest absolute Gasteiger partial charge is 0.312 e. The summed E-state index contributed by atoms with van der Waals surface area (Å²) in [6, 6.07) is 5.46. The molecule has 17 heavy (non-hydrogen) atoms. The minimum atomic E-state index is -0.0701. The van der Waals surface area contributed by atoms with Crippen molar-refractivity contribution >= 4 is 0 Å². The lowest BCUT2D eigenvalue weighted by Crippen LogP contribution is -2.37. The third kappa shape index (κ3) is 2.67. The van der Waals surface area contributed by atoms with Crippen molar-refractivity contribution in [2.75, 3.05) is 26.2 Å². The third-order valence-electron chi connectivity index (χ3n) is 3.66. The van der Waals surface area contributed by atoms with Crippen molar-refractivity contribution < 1.29 is 4.39 Å². The number of nitrogens with one attached hydrogen (secondary N) is 1. The first-order valence-corrected chi connectivity index (χ1v) is 6.46. The zero-order chi connectivity index (χ0) is 12.3. The zero-order valence-electron chi connectivity index (χ0n) is 10.7. The van der Waals surface area contributed by atoms with Crippen LogP contribution in [-0.2, 0) is 6.54 Å². The van der Waals surface area contributed by atoms with Crippen LogP contribution in [0.2, 0.25) is 0 Å². The van der Waals surface area contributed by atoms with Crippen LogP contribution >= 0.6 is 0 Å². The summed E-state index contributed by atoms with van der Waals surface area (Å²) in [4.78, 5) is 2.40. The van der Waals surface area contributed by atoms with E-state index in [2.05, 4.69) is 30.1 Å². The van der Waals surface area contributed by atoms with Crippen LogP contribution in [0.3, 0.4) is 0 Å². The fourth-order valence-corrected chi connectivity index (χ4v) is 2.58. The number of likely N-dealkylation sites (N-methyl/N-ethyl adjacent to an activating group) is 1. The molecule has 1 N–H and O–H groups in total. The molecule has 0 fully saturated rings. The molecule has 0 saturated carbocycles. The second kappa shape index (κ2) is 5.61. The molecule has 3 heteroatoms. The number of rotatable bonds is 4. The van der Waals surface area contributed by atoms with Gasteiger partial charge in [-0.3, -0.25) is 0 Å².